The molecule has 0 fully saturated rings. The monoisotopic (exact) mass is 395 g/mol. The van der Waals surface area contributed by atoms with Gasteiger partial charge in [-0.2, -0.15) is 0 Å². The molecule has 0 bridgehead atoms. The van der Waals surface area contributed by atoms with Gasteiger partial charge in [-0.3, -0.25) is 9.52 Å². The van der Waals surface area contributed by atoms with Crippen molar-refractivity contribution in [3.05, 3.63) is 70.4 Å². The predicted octanol–water partition coefficient (Wildman–Crippen LogP) is 3.16. The van der Waals surface area contributed by atoms with Crippen LogP contribution in [0.15, 0.2) is 59.2 Å². The summed E-state index contributed by atoms with van der Waals surface area (Å²) < 4.78 is 27.2. The number of hydrogen-bond donors (Lipinski definition) is 3. The Hall–Kier alpha value is -2.84. The predicted molar refractivity (Wildman–Crippen MR) is 96.1 cm³/mol. The second kappa shape index (κ2) is 7.59. The van der Waals surface area contributed by atoms with Gasteiger partial charge in [0.1, 0.15) is 0 Å². The van der Waals surface area contributed by atoms with Crippen LogP contribution in [0.2, 0.25) is 5.02 Å². The molecule has 2 rings (SSSR count). The number of carbonyl (C=O) groups is 2. The van der Waals surface area contributed by atoms with Gasteiger partial charge in [0.15, 0.2) is 5.78 Å². The number of anilines is 1. The fourth-order valence-corrected chi connectivity index (χ4v) is 3.28. The summed E-state index contributed by atoms with van der Waals surface area (Å²) >= 11 is 5.95. The summed E-state index contributed by atoms with van der Waals surface area (Å²) in [6.45, 7) is 1.74. The largest absolute Gasteiger partial charge is 0.502 e. The lowest BCUT2D eigenvalue weighted by molar-refractivity contribution is -0.135. The Balaban J connectivity index is 2.30. The zero-order valence-electron chi connectivity index (χ0n) is 13.4. The Bertz CT molecular complexity index is 1010. The lowest BCUT2D eigenvalue weighted by atomic mass is 10.1. The molecule has 0 saturated carbocycles. The van der Waals surface area contributed by atoms with Crippen LogP contribution >= 0.6 is 11.6 Å². The highest BCUT2D eigenvalue weighted by Gasteiger charge is 2.16. The van der Waals surface area contributed by atoms with Crippen LogP contribution in [0.1, 0.15) is 15.9 Å². The summed E-state index contributed by atoms with van der Waals surface area (Å²) in [6.07, 6.45) is 0.537. The lowest BCUT2D eigenvalue weighted by Gasteiger charge is -2.10. The minimum atomic E-state index is -3.94. The van der Waals surface area contributed by atoms with Crippen LogP contribution in [0, 0.1) is 6.92 Å². The highest BCUT2D eigenvalue weighted by molar-refractivity contribution is 7.92. The maximum Gasteiger partial charge on any atom is 0.371 e. The molecule has 2 aromatic rings. The van der Waals surface area contributed by atoms with Gasteiger partial charge in [0, 0.05) is 22.3 Å². The van der Waals surface area contributed by atoms with Crippen LogP contribution in [0.25, 0.3) is 0 Å². The van der Waals surface area contributed by atoms with E-state index in [1.54, 1.807) is 13.0 Å². The zero-order valence-corrected chi connectivity index (χ0v) is 15.0. The molecular formula is C17H14ClNO6S. The van der Waals surface area contributed by atoms with Crippen LogP contribution in [0.3, 0.4) is 0 Å². The Morgan fingerprint density at radius 3 is 2.42 bits per heavy atom. The second-order valence-electron chi connectivity index (χ2n) is 5.30. The van der Waals surface area contributed by atoms with E-state index in [0.717, 1.165) is 5.56 Å². The smallest absolute Gasteiger partial charge is 0.371 e. The molecule has 0 amide bonds. The van der Waals surface area contributed by atoms with Crippen molar-refractivity contribution in [2.45, 2.75) is 11.8 Å². The fraction of sp³-hybridized carbons (Fsp3) is 0.0588. The fourth-order valence-electron chi connectivity index (χ4n) is 1.96. The minimum Gasteiger partial charge on any atom is -0.502 e. The van der Waals surface area contributed by atoms with Crippen molar-refractivity contribution < 1.29 is 28.2 Å². The number of nitrogens with one attached hydrogen (secondary N) is 1. The molecule has 0 aliphatic rings. The third-order valence-corrected chi connectivity index (χ3v) is 5.13. The Kier molecular flexibility index (Phi) is 5.69. The first-order chi connectivity index (χ1) is 12.1. The van der Waals surface area contributed by atoms with Gasteiger partial charge in [0.2, 0.25) is 5.76 Å². The number of aliphatic hydroxyl groups excluding tert-OH is 1. The molecule has 0 radical (unpaired) electrons. The molecule has 0 unspecified atom stereocenters. The summed E-state index contributed by atoms with van der Waals surface area (Å²) in [5, 5.41) is 18.0. The van der Waals surface area contributed by atoms with Crippen molar-refractivity contribution in [1.82, 2.24) is 0 Å². The molecule has 9 heteroatoms. The normalized spacial score (nSPS) is 11.8. The standard InChI is InChI=1S/C17H14ClNO6S/c1-10-5-6-13(8-14(10)18)26(24,25)19-12-4-2-3-11(7-12)15(20)9-16(21)17(22)23/h2-9,19,21H,1H3,(H,22,23)/b16-9-. The van der Waals surface area contributed by atoms with Gasteiger partial charge >= 0.3 is 5.97 Å². The molecule has 26 heavy (non-hydrogen) atoms. The third-order valence-electron chi connectivity index (χ3n) is 3.34. The van der Waals surface area contributed by atoms with Crippen molar-refractivity contribution in [1.29, 1.82) is 0 Å². The van der Waals surface area contributed by atoms with Gasteiger partial charge < -0.3 is 10.2 Å². The van der Waals surface area contributed by atoms with E-state index in [1.165, 1.54) is 36.4 Å². The number of aryl methyl sites for hydroxylation is 1. The number of aliphatic hydroxyl groups is 1. The highest BCUT2D eigenvalue weighted by atomic mass is 35.5. The average Bonchev–Trinajstić information content (AvgIpc) is 2.56. The van der Waals surface area contributed by atoms with Gasteiger partial charge in [0.05, 0.1) is 4.90 Å². The van der Waals surface area contributed by atoms with Crippen LogP contribution in [-0.4, -0.2) is 30.4 Å². The van der Waals surface area contributed by atoms with Crippen LogP contribution < -0.4 is 4.72 Å². The molecule has 0 heterocycles. The second-order valence-corrected chi connectivity index (χ2v) is 7.39. The maximum absolute atomic E-state index is 12.4. The SMILES string of the molecule is Cc1ccc(S(=O)(=O)Nc2cccc(C(=O)/C=C(\O)C(=O)O)c2)cc1Cl. The van der Waals surface area contributed by atoms with Crippen molar-refractivity contribution >= 4 is 39.1 Å². The van der Waals surface area contributed by atoms with Crippen molar-refractivity contribution in [3.63, 3.8) is 0 Å². The van der Waals surface area contributed by atoms with E-state index in [9.17, 15) is 18.0 Å². The van der Waals surface area contributed by atoms with Gasteiger partial charge in [-0.1, -0.05) is 29.8 Å². The van der Waals surface area contributed by atoms with E-state index < -0.39 is 27.5 Å². The maximum atomic E-state index is 12.4. The van der Waals surface area contributed by atoms with E-state index >= 15 is 0 Å². The number of allylic oxidation sites excluding steroid dienone is 1. The lowest BCUT2D eigenvalue weighted by Crippen LogP contribution is -2.13. The number of carboxylic acid groups (broad SMARTS) is 1. The first-order valence-corrected chi connectivity index (χ1v) is 9.03. The molecule has 0 spiro atoms. The molecule has 3 N–H and O–H groups in total. The zero-order chi connectivity index (χ0) is 19.5. The van der Waals surface area contributed by atoms with E-state index in [-0.39, 0.29) is 16.1 Å². The summed E-state index contributed by atoms with van der Waals surface area (Å²) in [5.41, 5.74) is 0.818. The number of hydrogen-bond acceptors (Lipinski definition) is 5. The molecule has 0 aliphatic carbocycles. The van der Waals surface area contributed by atoms with Crippen LogP contribution in [0.5, 0.6) is 0 Å². The number of benzene rings is 2. The molecule has 0 saturated heterocycles. The van der Waals surface area contributed by atoms with Gasteiger partial charge in [-0.25, -0.2) is 13.2 Å². The Morgan fingerprint density at radius 2 is 1.81 bits per heavy atom. The van der Waals surface area contributed by atoms with E-state index in [2.05, 4.69) is 4.72 Å². The van der Waals surface area contributed by atoms with Crippen LogP contribution in [-0.2, 0) is 14.8 Å². The summed E-state index contributed by atoms with van der Waals surface area (Å²) in [5.74, 6) is -3.55. The molecule has 136 valence electrons. The number of aliphatic carboxylic acids is 1. The highest BCUT2D eigenvalue weighted by Crippen LogP contribution is 2.22. The molecule has 0 atom stereocenters. The quantitative estimate of drug-likeness (QED) is 0.392. The van der Waals surface area contributed by atoms with E-state index in [1.807, 2.05) is 0 Å². The van der Waals surface area contributed by atoms with Crippen molar-refractivity contribution in [3.8, 4) is 0 Å². The molecule has 0 aliphatic heterocycles. The average molecular weight is 396 g/mol. The first kappa shape index (κ1) is 19.5. The van der Waals surface area contributed by atoms with Crippen molar-refractivity contribution in [2.75, 3.05) is 4.72 Å². The van der Waals surface area contributed by atoms with Gasteiger partial charge in [-0.15, -0.1) is 0 Å². The number of carbonyl (C=O) groups excluding carboxylic acids is 1. The number of rotatable bonds is 6. The third kappa shape index (κ3) is 4.62. The summed E-state index contributed by atoms with van der Waals surface area (Å²) in [7, 11) is -3.94. The number of halogens is 1. The Labute approximate surface area is 154 Å². The molecular weight excluding hydrogens is 382 g/mol. The van der Waals surface area contributed by atoms with Gasteiger partial charge in [0.25, 0.3) is 10.0 Å². The summed E-state index contributed by atoms with van der Waals surface area (Å²) in [6, 6.07) is 9.68. The van der Waals surface area contributed by atoms with Crippen molar-refractivity contribution in [2.24, 2.45) is 0 Å². The summed E-state index contributed by atoms with van der Waals surface area (Å²) in [4.78, 5) is 22.4. The minimum absolute atomic E-state index is 0.0000569. The first-order valence-electron chi connectivity index (χ1n) is 7.17. The van der Waals surface area contributed by atoms with E-state index in [4.69, 9.17) is 21.8 Å². The molecule has 2 aromatic carbocycles. The molecule has 0 aromatic heterocycles. The Morgan fingerprint density at radius 1 is 1.12 bits per heavy atom. The molecule has 7 nitrogen and oxygen atoms in total. The van der Waals surface area contributed by atoms with Gasteiger partial charge in [-0.05, 0) is 36.8 Å². The number of carboxylic acids is 1. The topological polar surface area (TPSA) is 121 Å². The number of ketones is 1. The number of sulfonamides is 1. The van der Waals surface area contributed by atoms with Crippen LogP contribution in [0.4, 0.5) is 5.69 Å². The van der Waals surface area contributed by atoms with E-state index in [0.29, 0.717) is 11.1 Å².